The van der Waals surface area contributed by atoms with E-state index < -0.39 is 5.91 Å². The van der Waals surface area contributed by atoms with Crippen LogP contribution < -0.4 is 15.5 Å². The highest BCUT2D eigenvalue weighted by Crippen LogP contribution is 2.30. The predicted octanol–water partition coefficient (Wildman–Crippen LogP) is 4.03. The average Bonchev–Trinajstić information content (AvgIpc) is 3.17. The lowest BCUT2D eigenvalue weighted by molar-refractivity contribution is 0.0996. The van der Waals surface area contributed by atoms with Crippen molar-refractivity contribution < 1.29 is 18.6 Å². The lowest BCUT2D eigenvalue weighted by atomic mass is 10.1. The van der Waals surface area contributed by atoms with Crippen molar-refractivity contribution in [1.29, 1.82) is 0 Å². The quantitative estimate of drug-likeness (QED) is 0.546. The molecule has 30 heavy (non-hydrogen) atoms. The number of nitrogens with one attached hydrogen (secondary N) is 1. The van der Waals surface area contributed by atoms with Gasteiger partial charge >= 0.3 is 0 Å². The standard InChI is InChI=1S/C22H19N3O5/c1-11-8-16-17(26)10-19(29-18(16)9-12(11)2)22(27)23-21-20(24-30-25-21)15-6-5-14(28-4)7-13(15)3/h5-10H,1-4H3,(H,23,25,27). The van der Waals surface area contributed by atoms with Crippen LogP contribution in [0.5, 0.6) is 5.75 Å². The second kappa shape index (κ2) is 7.47. The molecule has 0 radical (unpaired) electrons. The Morgan fingerprint density at radius 3 is 2.50 bits per heavy atom. The smallest absolute Gasteiger partial charge is 0.292 e. The number of anilines is 1. The van der Waals surface area contributed by atoms with Gasteiger partial charge in [-0.3, -0.25) is 14.9 Å². The molecule has 1 N–H and O–H groups in total. The van der Waals surface area contributed by atoms with E-state index in [4.69, 9.17) is 13.8 Å². The molecular formula is C22H19N3O5. The molecule has 8 nitrogen and oxygen atoms in total. The summed E-state index contributed by atoms with van der Waals surface area (Å²) in [6.07, 6.45) is 0. The molecule has 8 heteroatoms. The van der Waals surface area contributed by atoms with E-state index >= 15 is 0 Å². The van der Waals surface area contributed by atoms with Gasteiger partial charge in [0, 0.05) is 11.6 Å². The van der Waals surface area contributed by atoms with Gasteiger partial charge in [0.25, 0.3) is 5.91 Å². The maximum Gasteiger partial charge on any atom is 0.292 e. The summed E-state index contributed by atoms with van der Waals surface area (Å²) < 4.78 is 15.7. The largest absolute Gasteiger partial charge is 0.497 e. The lowest BCUT2D eigenvalue weighted by Gasteiger charge is -2.08. The zero-order valence-electron chi connectivity index (χ0n) is 16.9. The van der Waals surface area contributed by atoms with E-state index in [1.54, 1.807) is 31.4 Å². The van der Waals surface area contributed by atoms with Crippen LogP contribution in [0, 0.1) is 20.8 Å². The molecule has 4 rings (SSSR count). The van der Waals surface area contributed by atoms with Crippen molar-refractivity contribution >= 4 is 22.7 Å². The molecular weight excluding hydrogens is 386 g/mol. The maximum atomic E-state index is 12.8. The summed E-state index contributed by atoms with van der Waals surface area (Å²) in [4.78, 5) is 25.2. The number of carbonyl (C=O) groups excluding carboxylic acids is 1. The Bertz CT molecular complexity index is 1340. The Labute approximate surface area is 171 Å². The molecule has 0 atom stereocenters. The molecule has 0 aliphatic carbocycles. The second-order valence-electron chi connectivity index (χ2n) is 7.00. The molecule has 0 spiro atoms. The van der Waals surface area contributed by atoms with Gasteiger partial charge in [-0.05, 0) is 78.1 Å². The number of aryl methyl sites for hydroxylation is 3. The number of fused-ring (bicyclic) bond motifs is 1. The fraction of sp³-hybridized carbons (Fsp3) is 0.182. The number of amides is 1. The Kier molecular flexibility index (Phi) is 4.83. The van der Waals surface area contributed by atoms with Crippen molar-refractivity contribution in [2.75, 3.05) is 12.4 Å². The number of nitrogens with zero attached hydrogens (tertiary/aromatic N) is 2. The highest BCUT2D eigenvalue weighted by atomic mass is 16.6. The normalized spacial score (nSPS) is 10.9. The lowest BCUT2D eigenvalue weighted by Crippen LogP contribution is -2.16. The first-order valence-corrected chi connectivity index (χ1v) is 9.21. The molecule has 0 aliphatic rings. The zero-order chi connectivity index (χ0) is 21.4. The molecule has 4 aromatic rings. The Balaban J connectivity index is 1.68. The van der Waals surface area contributed by atoms with Crippen LogP contribution in [0.1, 0.15) is 27.2 Å². The number of rotatable bonds is 4. The van der Waals surface area contributed by atoms with Crippen molar-refractivity contribution in [2.45, 2.75) is 20.8 Å². The van der Waals surface area contributed by atoms with Gasteiger partial charge in [-0.25, -0.2) is 4.63 Å². The van der Waals surface area contributed by atoms with Crippen molar-refractivity contribution in [3.05, 3.63) is 69.1 Å². The van der Waals surface area contributed by atoms with Crippen LogP contribution in [-0.2, 0) is 0 Å². The van der Waals surface area contributed by atoms with Crippen LogP contribution in [0.15, 0.2) is 50.2 Å². The van der Waals surface area contributed by atoms with Crippen LogP contribution in [0.4, 0.5) is 5.82 Å². The first-order chi connectivity index (χ1) is 14.4. The molecule has 0 fully saturated rings. The van der Waals surface area contributed by atoms with E-state index in [1.165, 1.54) is 0 Å². The fourth-order valence-corrected chi connectivity index (χ4v) is 3.17. The predicted molar refractivity (Wildman–Crippen MR) is 111 cm³/mol. The van der Waals surface area contributed by atoms with Crippen molar-refractivity contribution in [1.82, 2.24) is 10.3 Å². The molecule has 0 saturated heterocycles. The van der Waals surface area contributed by atoms with E-state index in [9.17, 15) is 9.59 Å². The zero-order valence-corrected chi connectivity index (χ0v) is 16.9. The third-order valence-corrected chi connectivity index (χ3v) is 4.98. The molecule has 0 saturated carbocycles. The number of methoxy groups -OCH3 is 1. The van der Waals surface area contributed by atoms with Gasteiger partial charge in [-0.1, -0.05) is 0 Å². The number of ether oxygens (including phenoxy) is 1. The summed E-state index contributed by atoms with van der Waals surface area (Å²) in [6, 6.07) is 10.1. The van der Waals surface area contributed by atoms with E-state index in [1.807, 2.05) is 26.8 Å². The summed E-state index contributed by atoms with van der Waals surface area (Å²) in [5.41, 5.74) is 3.93. The monoisotopic (exact) mass is 405 g/mol. The molecule has 152 valence electrons. The van der Waals surface area contributed by atoms with E-state index in [0.717, 1.165) is 28.3 Å². The number of aromatic nitrogens is 2. The maximum absolute atomic E-state index is 12.8. The van der Waals surface area contributed by atoms with Crippen LogP contribution in [0.3, 0.4) is 0 Å². The molecule has 0 aliphatic heterocycles. The number of hydrogen-bond donors (Lipinski definition) is 1. The SMILES string of the molecule is COc1ccc(-c2nonc2NC(=O)c2cc(=O)c3cc(C)c(C)cc3o2)c(C)c1. The highest BCUT2D eigenvalue weighted by molar-refractivity contribution is 6.04. The Morgan fingerprint density at radius 1 is 1.00 bits per heavy atom. The third kappa shape index (κ3) is 3.43. The number of benzene rings is 2. The van der Waals surface area contributed by atoms with E-state index in [2.05, 4.69) is 15.6 Å². The van der Waals surface area contributed by atoms with Crippen LogP contribution in [0.2, 0.25) is 0 Å². The van der Waals surface area contributed by atoms with Crippen LogP contribution in [-0.4, -0.2) is 23.3 Å². The van der Waals surface area contributed by atoms with Gasteiger partial charge in [0.05, 0.1) is 12.5 Å². The molecule has 2 aromatic heterocycles. The molecule has 0 bridgehead atoms. The summed E-state index contributed by atoms with van der Waals surface area (Å²) in [7, 11) is 1.58. The van der Waals surface area contributed by atoms with E-state index in [0.29, 0.717) is 22.4 Å². The fourth-order valence-electron chi connectivity index (χ4n) is 3.17. The van der Waals surface area contributed by atoms with Crippen molar-refractivity contribution in [3.63, 3.8) is 0 Å². The molecule has 2 heterocycles. The minimum atomic E-state index is -0.629. The highest BCUT2D eigenvalue weighted by Gasteiger charge is 2.20. The minimum absolute atomic E-state index is 0.121. The summed E-state index contributed by atoms with van der Waals surface area (Å²) in [5, 5.41) is 10.7. The molecule has 2 aromatic carbocycles. The van der Waals surface area contributed by atoms with Gasteiger partial charge in [-0.15, -0.1) is 0 Å². The first-order valence-electron chi connectivity index (χ1n) is 9.21. The Morgan fingerprint density at radius 2 is 1.77 bits per heavy atom. The summed E-state index contributed by atoms with van der Waals surface area (Å²) in [6.45, 7) is 5.70. The van der Waals surface area contributed by atoms with Gasteiger partial charge in [-0.2, -0.15) is 0 Å². The second-order valence-corrected chi connectivity index (χ2v) is 7.00. The molecule has 1 amide bonds. The minimum Gasteiger partial charge on any atom is -0.497 e. The number of carbonyl (C=O) groups is 1. The molecule has 0 unspecified atom stereocenters. The Hall–Kier alpha value is -3.94. The van der Waals surface area contributed by atoms with Crippen LogP contribution in [0.25, 0.3) is 22.2 Å². The summed E-state index contributed by atoms with van der Waals surface area (Å²) in [5.74, 6) is 0.0596. The van der Waals surface area contributed by atoms with E-state index in [-0.39, 0.29) is 17.0 Å². The van der Waals surface area contributed by atoms with Crippen molar-refractivity contribution in [3.8, 4) is 17.0 Å². The first kappa shape index (κ1) is 19.4. The third-order valence-electron chi connectivity index (χ3n) is 4.98. The van der Waals surface area contributed by atoms with Gasteiger partial charge in [0.1, 0.15) is 11.3 Å². The number of hydrogen-bond acceptors (Lipinski definition) is 7. The van der Waals surface area contributed by atoms with Crippen molar-refractivity contribution in [2.24, 2.45) is 0 Å². The van der Waals surface area contributed by atoms with Gasteiger partial charge in [0.2, 0.25) is 5.82 Å². The average molecular weight is 405 g/mol. The topological polar surface area (TPSA) is 107 Å². The van der Waals surface area contributed by atoms with Gasteiger partial charge in [0.15, 0.2) is 16.9 Å². The van der Waals surface area contributed by atoms with Crippen LogP contribution >= 0.6 is 0 Å². The van der Waals surface area contributed by atoms with Gasteiger partial charge < -0.3 is 9.15 Å². The summed E-state index contributed by atoms with van der Waals surface area (Å²) >= 11 is 0.